The Morgan fingerprint density at radius 3 is 2.33 bits per heavy atom. The number of carbonyl (C=O) groups excluding carboxylic acids is 4. The molecular weight excluding hydrogens is 726 g/mol. The first-order chi connectivity index (χ1) is 25.1. The number of amides is 3. The number of allylic oxidation sites excluding steroid dienone is 1. The third kappa shape index (κ3) is 7.50. The van der Waals surface area contributed by atoms with Crippen molar-refractivity contribution in [2.75, 3.05) is 26.7 Å². The molecule has 3 aliphatic heterocycles. The number of alkyl halides is 1. The molecule has 280 valence electrons. The van der Waals surface area contributed by atoms with E-state index in [0.29, 0.717) is 30.5 Å². The number of halogens is 1. The van der Waals surface area contributed by atoms with E-state index >= 15 is 0 Å². The molecule has 10 nitrogen and oxygen atoms in total. The van der Waals surface area contributed by atoms with Crippen LogP contribution in [0, 0.1) is 11.8 Å². The third-order valence-electron chi connectivity index (χ3n) is 11.0. The van der Waals surface area contributed by atoms with Crippen LogP contribution in [0.15, 0.2) is 86.0 Å². The van der Waals surface area contributed by atoms with Crippen molar-refractivity contribution in [1.29, 1.82) is 0 Å². The van der Waals surface area contributed by atoms with E-state index < -0.39 is 66.3 Å². The summed E-state index contributed by atoms with van der Waals surface area (Å²) in [7, 11) is 1.69. The monoisotopic (exact) mass is 777 g/mol. The number of benzene rings is 2. The van der Waals surface area contributed by atoms with Crippen LogP contribution >= 0.6 is 15.9 Å². The molecule has 11 heteroatoms. The fraction of sp³-hybridized carbons (Fsp3) is 0.512. The molecule has 0 aliphatic carbocycles. The summed E-state index contributed by atoms with van der Waals surface area (Å²) in [6, 6.07) is 15.9. The number of hydrogen-bond acceptors (Lipinski definition) is 7. The van der Waals surface area contributed by atoms with Gasteiger partial charge in [-0.3, -0.25) is 19.2 Å². The highest BCUT2D eigenvalue weighted by atomic mass is 79.9. The second-order valence-corrected chi connectivity index (χ2v) is 15.3. The van der Waals surface area contributed by atoms with Crippen LogP contribution in [-0.2, 0) is 28.7 Å². The lowest BCUT2D eigenvalue weighted by Crippen LogP contribution is -2.57. The molecule has 3 amide bonds. The molecule has 0 aromatic heterocycles. The minimum absolute atomic E-state index is 0.117. The zero-order valence-electron chi connectivity index (χ0n) is 30.4. The summed E-state index contributed by atoms with van der Waals surface area (Å²) >= 11 is 3.76. The highest BCUT2D eigenvalue weighted by molar-refractivity contribution is 9.09. The van der Waals surface area contributed by atoms with Crippen molar-refractivity contribution in [3.63, 3.8) is 0 Å². The van der Waals surface area contributed by atoms with Crippen molar-refractivity contribution in [2.24, 2.45) is 11.8 Å². The number of hydrogen-bond donors (Lipinski definition) is 1. The van der Waals surface area contributed by atoms with E-state index in [1.807, 2.05) is 67.6 Å². The molecule has 1 spiro atoms. The quantitative estimate of drug-likeness (QED) is 0.0885. The van der Waals surface area contributed by atoms with E-state index in [0.717, 1.165) is 19.3 Å². The first-order valence-corrected chi connectivity index (χ1v) is 19.3. The van der Waals surface area contributed by atoms with Gasteiger partial charge in [0.15, 0.2) is 0 Å². The molecule has 3 aliphatic rings. The van der Waals surface area contributed by atoms with Crippen LogP contribution in [0.4, 0.5) is 0 Å². The van der Waals surface area contributed by atoms with Gasteiger partial charge in [0.25, 0.3) is 0 Å². The first-order valence-electron chi connectivity index (χ1n) is 18.4. The van der Waals surface area contributed by atoms with Gasteiger partial charge in [-0.2, -0.15) is 0 Å². The number of aliphatic hydroxyl groups excluding tert-OH is 1. The molecule has 9 atom stereocenters. The van der Waals surface area contributed by atoms with E-state index in [-0.39, 0.29) is 29.6 Å². The van der Waals surface area contributed by atoms with Gasteiger partial charge in [0.1, 0.15) is 17.7 Å². The van der Waals surface area contributed by atoms with Gasteiger partial charge < -0.3 is 29.3 Å². The van der Waals surface area contributed by atoms with Gasteiger partial charge in [0, 0.05) is 31.4 Å². The maximum atomic E-state index is 15.0. The Balaban J connectivity index is 1.55. The van der Waals surface area contributed by atoms with Crippen LogP contribution in [0.5, 0.6) is 0 Å². The molecule has 0 radical (unpaired) electrons. The number of esters is 1. The Morgan fingerprint density at radius 1 is 1.08 bits per heavy atom. The van der Waals surface area contributed by atoms with Crippen LogP contribution in [0.1, 0.15) is 75.6 Å². The molecule has 3 heterocycles. The van der Waals surface area contributed by atoms with E-state index in [2.05, 4.69) is 36.0 Å². The largest absolute Gasteiger partial charge is 0.455 e. The Labute approximate surface area is 315 Å². The highest BCUT2D eigenvalue weighted by Gasteiger charge is 2.77. The van der Waals surface area contributed by atoms with Crippen LogP contribution in [-0.4, -0.2) is 98.9 Å². The average molecular weight is 779 g/mol. The second kappa shape index (κ2) is 17.4. The summed E-state index contributed by atoms with van der Waals surface area (Å²) in [4.78, 5) is 62.0. The van der Waals surface area contributed by atoms with Crippen LogP contribution in [0.25, 0.3) is 0 Å². The number of ether oxygens (including phenoxy) is 2. The summed E-state index contributed by atoms with van der Waals surface area (Å²) in [5, 5.41) is 10.9. The molecule has 1 N–H and O–H groups in total. The maximum Gasteiger partial charge on any atom is 0.313 e. The fourth-order valence-electron chi connectivity index (χ4n) is 8.28. The lowest BCUT2D eigenvalue weighted by molar-refractivity contribution is -0.165. The Bertz CT molecular complexity index is 1590. The van der Waals surface area contributed by atoms with Gasteiger partial charge in [-0.25, -0.2) is 0 Å². The minimum atomic E-state index is -1.35. The number of rotatable bonds is 18. The normalized spacial score (nSPS) is 26.3. The van der Waals surface area contributed by atoms with Gasteiger partial charge in [0.05, 0.1) is 36.6 Å². The third-order valence-corrected chi connectivity index (χ3v) is 11.8. The Kier molecular flexibility index (Phi) is 13.1. The van der Waals surface area contributed by atoms with E-state index in [1.165, 1.54) is 4.90 Å². The van der Waals surface area contributed by atoms with Crippen molar-refractivity contribution in [3.05, 3.63) is 97.1 Å². The molecule has 3 saturated heterocycles. The van der Waals surface area contributed by atoms with Crippen molar-refractivity contribution < 1.29 is 33.8 Å². The zero-order valence-corrected chi connectivity index (χ0v) is 32.0. The molecule has 2 bridgehead atoms. The lowest BCUT2D eigenvalue weighted by atomic mass is 9.70. The second-order valence-electron chi connectivity index (χ2n) is 14.1. The molecule has 52 heavy (non-hydrogen) atoms. The van der Waals surface area contributed by atoms with E-state index in [4.69, 9.17) is 9.47 Å². The molecule has 2 aromatic carbocycles. The number of carbonyl (C=O) groups is 4. The van der Waals surface area contributed by atoms with Gasteiger partial charge in [-0.1, -0.05) is 109 Å². The first kappa shape index (κ1) is 39.4. The van der Waals surface area contributed by atoms with Gasteiger partial charge in [-0.15, -0.1) is 13.2 Å². The van der Waals surface area contributed by atoms with Gasteiger partial charge in [-0.05, 0) is 37.3 Å². The van der Waals surface area contributed by atoms with Crippen LogP contribution < -0.4 is 0 Å². The van der Waals surface area contributed by atoms with E-state index in [1.54, 1.807) is 29.0 Å². The predicted molar refractivity (Wildman–Crippen MR) is 202 cm³/mol. The van der Waals surface area contributed by atoms with Crippen LogP contribution in [0.2, 0.25) is 0 Å². The molecule has 3 fully saturated rings. The molecule has 1 unspecified atom stereocenters. The minimum Gasteiger partial charge on any atom is -0.455 e. The van der Waals surface area contributed by atoms with Crippen LogP contribution in [0.3, 0.4) is 0 Å². The maximum absolute atomic E-state index is 15.0. The number of nitrogens with zero attached hydrogens (tertiary/aromatic N) is 3. The van der Waals surface area contributed by atoms with Crippen molar-refractivity contribution >= 4 is 39.6 Å². The summed E-state index contributed by atoms with van der Waals surface area (Å²) in [6.07, 6.45) is 5.54. The molecule has 5 rings (SSSR count). The Morgan fingerprint density at radius 2 is 1.73 bits per heavy atom. The summed E-state index contributed by atoms with van der Waals surface area (Å²) < 4.78 is 13.2. The molecule has 2 aromatic rings. The van der Waals surface area contributed by atoms with Gasteiger partial charge >= 0.3 is 5.97 Å². The number of unbranched alkanes of at least 4 members (excludes halogenated alkanes) is 2. The smallest absolute Gasteiger partial charge is 0.313 e. The number of likely N-dealkylation sites (tertiary alicyclic amines) is 1. The lowest BCUT2D eigenvalue weighted by Gasteiger charge is -2.39. The summed E-state index contributed by atoms with van der Waals surface area (Å²) in [6.45, 7) is 11.8. The van der Waals surface area contributed by atoms with Crippen molar-refractivity contribution in [1.82, 2.24) is 14.7 Å². The number of fused-ring (bicyclic) bond motifs is 1. The van der Waals surface area contributed by atoms with Crippen molar-refractivity contribution in [3.8, 4) is 0 Å². The molecular formula is C41H52BrN3O7. The SMILES string of the molecule is C=CCCC(=O)N(C)[C@H](C)[C@H](OC(=O)[C@@H]1[C@H]2O[C@@]3(CC2Br)[C@H](C(=O)N(CC=C)CCCCC)N([C@H](CO)c2ccccc2)C(=O)[C@@H]13)c1ccccc1. The highest BCUT2D eigenvalue weighted by Crippen LogP contribution is 2.61. The fourth-order valence-corrected chi connectivity index (χ4v) is 9.22. The zero-order chi connectivity index (χ0) is 37.6. The van der Waals surface area contributed by atoms with Gasteiger partial charge in [0.2, 0.25) is 17.7 Å². The number of likely N-dealkylation sites (N-methyl/N-ethyl adjacent to an activating group) is 1. The predicted octanol–water partition coefficient (Wildman–Crippen LogP) is 5.77. The van der Waals surface area contributed by atoms with E-state index in [9.17, 15) is 24.3 Å². The summed E-state index contributed by atoms with van der Waals surface area (Å²) in [5.74, 6) is -3.57. The average Bonchev–Trinajstić information content (AvgIpc) is 3.76. The Hall–Kier alpha value is -3.80. The molecule has 0 saturated carbocycles. The standard InChI is InChI=1S/C41H52BrN3O7/c1-6-9-17-24-44(23-8-3)39(49)37-41-25-30(42)36(52-41)33(34(41)38(48)45(37)31(26-46)28-18-13-11-14-19-28)40(50)51-35(29-20-15-12-16-21-29)27(4)43(5)32(47)22-10-7-2/h7-8,11-16,18-21,27,30-31,33-37,46H,2-3,6,9-10,17,22-26H2,1,4-5H3/t27-,30?,31-,33+,34-,35+,36+,37+,41-/m1/s1. The topological polar surface area (TPSA) is 117 Å². The summed E-state index contributed by atoms with van der Waals surface area (Å²) in [5.41, 5.74) is 0.0128. The van der Waals surface area contributed by atoms with Crippen molar-refractivity contribution in [2.45, 2.75) is 93.1 Å². The number of aliphatic hydroxyl groups is 1.